The smallest absolute Gasteiger partial charge is 0.382 e. The van der Waals surface area contributed by atoms with Crippen molar-refractivity contribution in [3.05, 3.63) is 33.8 Å². The summed E-state index contributed by atoms with van der Waals surface area (Å²) in [5.74, 6) is -1.17. The van der Waals surface area contributed by atoms with E-state index < -0.39 is 42.0 Å². The van der Waals surface area contributed by atoms with E-state index in [1.165, 1.54) is 0 Å². The lowest BCUT2D eigenvalue weighted by Crippen LogP contribution is -2.40. The van der Waals surface area contributed by atoms with Crippen LogP contribution in [0, 0.1) is 0 Å². The average molecular weight is 380 g/mol. The van der Waals surface area contributed by atoms with Crippen LogP contribution in [0.5, 0.6) is 0 Å². The lowest BCUT2D eigenvalue weighted by molar-refractivity contribution is -0.201. The third kappa shape index (κ3) is 4.88. The van der Waals surface area contributed by atoms with Gasteiger partial charge in [-0.15, -0.1) is 0 Å². The van der Waals surface area contributed by atoms with E-state index >= 15 is 0 Å². The molecule has 118 valence electrons. The SMILES string of the molecule is O=C(NCC(O)C(F)(F)F)c1cc(C(F)(F)F)ccc1Br. The topological polar surface area (TPSA) is 49.3 Å². The van der Waals surface area contributed by atoms with Crippen LogP contribution in [0.4, 0.5) is 26.3 Å². The van der Waals surface area contributed by atoms with Gasteiger partial charge in [-0.05, 0) is 34.1 Å². The first kappa shape index (κ1) is 17.8. The minimum absolute atomic E-state index is 0.0190. The number of hydrogen-bond donors (Lipinski definition) is 2. The number of hydrogen-bond acceptors (Lipinski definition) is 2. The van der Waals surface area contributed by atoms with Gasteiger partial charge in [0.25, 0.3) is 5.91 Å². The molecule has 0 saturated heterocycles. The molecule has 0 aromatic heterocycles. The maximum atomic E-state index is 12.5. The Bertz CT molecular complexity index is 528. The molecule has 1 aromatic carbocycles. The van der Waals surface area contributed by atoms with Crippen LogP contribution in [-0.2, 0) is 6.18 Å². The van der Waals surface area contributed by atoms with Gasteiger partial charge in [0.15, 0.2) is 6.10 Å². The van der Waals surface area contributed by atoms with E-state index in [-0.39, 0.29) is 4.47 Å². The summed E-state index contributed by atoms with van der Waals surface area (Å²) >= 11 is 2.83. The molecule has 1 atom stereocenters. The van der Waals surface area contributed by atoms with Crippen molar-refractivity contribution >= 4 is 21.8 Å². The van der Waals surface area contributed by atoms with Gasteiger partial charge in [0.2, 0.25) is 0 Å². The predicted octanol–water partition coefficient (Wildman–Crippen LogP) is 3.12. The third-order valence-corrected chi connectivity index (χ3v) is 3.06. The van der Waals surface area contributed by atoms with Gasteiger partial charge in [0.1, 0.15) is 0 Å². The fourth-order valence-corrected chi connectivity index (χ4v) is 1.70. The summed E-state index contributed by atoms with van der Waals surface area (Å²) in [7, 11) is 0. The maximum Gasteiger partial charge on any atom is 0.416 e. The summed E-state index contributed by atoms with van der Waals surface area (Å²) in [5.41, 5.74) is -1.61. The zero-order chi connectivity index (χ0) is 16.4. The quantitative estimate of drug-likeness (QED) is 0.792. The molecule has 0 saturated carbocycles. The van der Waals surface area contributed by atoms with Crippen molar-refractivity contribution in [1.29, 1.82) is 0 Å². The lowest BCUT2D eigenvalue weighted by atomic mass is 10.1. The number of rotatable bonds is 3. The Balaban J connectivity index is 2.88. The summed E-state index contributed by atoms with van der Waals surface area (Å²) in [6.07, 6.45) is -12.4. The van der Waals surface area contributed by atoms with Crippen LogP contribution in [0.1, 0.15) is 15.9 Å². The summed E-state index contributed by atoms with van der Waals surface area (Å²) < 4.78 is 73.6. The molecule has 0 spiro atoms. The van der Waals surface area contributed by atoms with Crippen molar-refractivity contribution in [2.45, 2.75) is 18.5 Å². The van der Waals surface area contributed by atoms with Crippen LogP contribution in [0.15, 0.2) is 22.7 Å². The summed E-state index contributed by atoms with van der Waals surface area (Å²) in [4.78, 5) is 11.6. The Morgan fingerprint density at radius 3 is 2.29 bits per heavy atom. The highest BCUT2D eigenvalue weighted by atomic mass is 79.9. The number of aliphatic hydroxyl groups excluding tert-OH is 1. The molecule has 0 aliphatic heterocycles. The Hall–Kier alpha value is -1.29. The number of alkyl halides is 6. The van der Waals surface area contributed by atoms with Gasteiger partial charge in [-0.25, -0.2) is 0 Å². The molecule has 0 aliphatic carbocycles. The van der Waals surface area contributed by atoms with Crippen LogP contribution >= 0.6 is 15.9 Å². The molecule has 0 aliphatic rings. The number of benzene rings is 1. The molecule has 1 unspecified atom stereocenters. The Kier molecular flexibility index (Phi) is 5.26. The minimum atomic E-state index is -4.93. The second kappa shape index (κ2) is 6.22. The second-order valence-electron chi connectivity index (χ2n) is 3.96. The van der Waals surface area contributed by atoms with Crippen LogP contribution in [0.3, 0.4) is 0 Å². The number of halogens is 7. The van der Waals surface area contributed by atoms with Gasteiger partial charge < -0.3 is 10.4 Å². The number of aliphatic hydroxyl groups is 1. The third-order valence-electron chi connectivity index (χ3n) is 2.37. The highest BCUT2D eigenvalue weighted by Gasteiger charge is 2.38. The van der Waals surface area contributed by atoms with E-state index in [9.17, 15) is 31.1 Å². The van der Waals surface area contributed by atoms with Gasteiger partial charge in [-0.3, -0.25) is 4.79 Å². The van der Waals surface area contributed by atoms with Crippen molar-refractivity contribution in [3.63, 3.8) is 0 Å². The second-order valence-corrected chi connectivity index (χ2v) is 4.81. The van der Waals surface area contributed by atoms with E-state index in [1.54, 1.807) is 5.32 Å². The van der Waals surface area contributed by atoms with Crippen molar-refractivity contribution in [1.82, 2.24) is 5.32 Å². The fourth-order valence-electron chi connectivity index (χ4n) is 1.28. The Labute approximate surface area is 123 Å². The molecule has 21 heavy (non-hydrogen) atoms. The molecule has 0 bridgehead atoms. The molecule has 0 radical (unpaired) electrons. The first-order valence-corrected chi connectivity index (χ1v) is 6.12. The molecule has 0 fully saturated rings. The molecule has 10 heteroatoms. The molecule has 1 amide bonds. The summed E-state index contributed by atoms with van der Waals surface area (Å²) in [6, 6.07) is 2.17. The standard InChI is InChI=1S/C11H8BrF6NO2/c12-7-2-1-5(10(13,14)15)3-6(7)9(21)19-4-8(20)11(16,17)18/h1-3,8,20H,4H2,(H,19,21). The average Bonchev–Trinajstić information content (AvgIpc) is 2.33. The number of carbonyl (C=O) groups is 1. The van der Waals surface area contributed by atoms with Crippen LogP contribution in [-0.4, -0.2) is 29.8 Å². The summed E-state index contributed by atoms with van der Waals surface area (Å²) in [6.45, 7) is -1.16. The Morgan fingerprint density at radius 1 is 1.24 bits per heavy atom. The number of amides is 1. The first-order chi connectivity index (χ1) is 9.43. The molecule has 1 aromatic rings. The predicted molar refractivity (Wildman–Crippen MR) is 63.5 cm³/mol. The van der Waals surface area contributed by atoms with Crippen LogP contribution < -0.4 is 5.32 Å². The van der Waals surface area contributed by atoms with Crippen molar-refractivity contribution in [3.8, 4) is 0 Å². The van der Waals surface area contributed by atoms with Gasteiger partial charge in [0, 0.05) is 4.47 Å². The van der Waals surface area contributed by atoms with Gasteiger partial charge in [-0.2, -0.15) is 26.3 Å². The zero-order valence-corrected chi connectivity index (χ0v) is 11.6. The van der Waals surface area contributed by atoms with Crippen molar-refractivity contribution in [2.24, 2.45) is 0 Å². The van der Waals surface area contributed by atoms with Gasteiger partial charge in [0.05, 0.1) is 17.7 Å². The van der Waals surface area contributed by atoms with Gasteiger partial charge >= 0.3 is 12.4 Å². The largest absolute Gasteiger partial charge is 0.416 e. The van der Waals surface area contributed by atoms with Gasteiger partial charge in [-0.1, -0.05) is 0 Å². The highest BCUT2D eigenvalue weighted by Crippen LogP contribution is 2.31. The molecule has 3 nitrogen and oxygen atoms in total. The van der Waals surface area contributed by atoms with E-state index in [2.05, 4.69) is 15.9 Å². The van der Waals surface area contributed by atoms with E-state index in [0.29, 0.717) is 12.1 Å². The molecule has 0 heterocycles. The molecular formula is C11H8BrF6NO2. The fraction of sp³-hybridized carbons (Fsp3) is 0.364. The van der Waals surface area contributed by atoms with E-state index in [0.717, 1.165) is 6.07 Å². The van der Waals surface area contributed by atoms with E-state index in [4.69, 9.17) is 5.11 Å². The van der Waals surface area contributed by atoms with Crippen LogP contribution in [0.2, 0.25) is 0 Å². The van der Waals surface area contributed by atoms with Crippen molar-refractivity contribution in [2.75, 3.05) is 6.54 Å². The normalized spacial score (nSPS) is 13.9. The number of carbonyl (C=O) groups excluding carboxylic acids is 1. The highest BCUT2D eigenvalue weighted by molar-refractivity contribution is 9.10. The Morgan fingerprint density at radius 2 is 1.81 bits per heavy atom. The zero-order valence-electron chi connectivity index (χ0n) is 10.0. The van der Waals surface area contributed by atoms with E-state index in [1.807, 2.05) is 0 Å². The monoisotopic (exact) mass is 379 g/mol. The number of nitrogens with one attached hydrogen (secondary N) is 1. The van der Waals surface area contributed by atoms with Crippen molar-refractivity contribution < 1.29 is 36.2 Å². The summed E-state index contributed by atoms with van der Waals surface area (Å²) in [5, 5.41) is 10.4. The molecule has 2 N–H and O–H groups in total. The first-order valence-electron chi connectivity index (χ1n) is 5.32. The lowest BCUT2D eigenvalue weighted by Gasteiger charge is -2.16. The van der Waals surface area contributed by atoms with Crippen LogP contribution in [0.25, 0.3) is 0 Å². The minimum Gasteiger partial charge on any atom is -0.382 e. The molecule has 1 rings (SSSR count). The maximum absolute atomic E-state index is 12.5. The molecular weight excluding hydrogens is 372 g/mol.